The van der Waals surface area contributed by atoms with E-state index in [-0.39, 0.29) is 11.7 Å². The number of phenols is 1. The number of nitrogens with one attached hydrogen (secondary N) is 2. The van der Waals surface area contributed by atoms with E-state index in [2.05, 4.69) is 10.6 Å². The van der Waals surface area contributed by atoms with E-state index in [1.807, 2.05) is 31.2 Å². The van der Waals surface area contributed by atoms with Gasteiger partial charge in [-0.1, -0.05) is 13.0 Å². The zero-order valence-electron chi connectivity index (χ0n) is 14.6. The van der Waals surface area contributed by atoms with Crippen molar-refractivity contribution in [3.05, 3.63) is 64.0 Å². The van der Waals surface area contributed by atoms with Crippen molar-refractivity contribution in [2.45, 2.75) is 26.8 Å². The molecule has 134 valence electrons. The van der Waals surface area contributed by atoms with Gasteiger partial charge in [0.1, 0.15) is 11.3 Å². The molecule has 0 bridgehead atoms. The highest BCUT2D eigenvalue weighted by atomic mass is 16.4. The summed E-state index contributed by atoms with van der Waals surface area (Å²) < 4.78 is 5.21. The molecular formula is C20H20N2O4. The van der Waals surface area contributed by atoms with Crippen LogP contribution in [0.2, 0.25) is 0 Å². The Morgan fingerprint density at radius 2 is 1.88 bits per heavy atom. The minimum absolute atomic E-state index is 0.122. The number of fused-ring (bicyclic) bond motifs is 1. The lowest BCUT2D eigenvalue weighted by Gasteiger charge is -2.11. The molecule has 3 N–H and O–H groups in total. The normalized spacial score (nSPS) is 10.7. The van der Waals surface area contributed by atoms with Crippen LogP contribution in [0.5, 0.6) is 5.75 Å². The Bertz CT molecular complexity index is 1020. The molecule has 0 aliphatic carbocycles. The molecule has 6 nitrogen and oxygen atoms in total. The fraction of sp³-hybridized carbons (Fsp3) is 0.200. The molecule has 1 amide bonds. The lowest BCUT2D eigenvalue weighted by atomic mass is 10.0. The minimum Gasteiger partial charge on any atom is -0.508 e. The Morgan fingerprint density at radius 3 is 2.62 bits per heavy atom. The number of hydrogen-bond donors (Lipinski definition) is 3. The summed E-state index contributed by atoms with van der Waals surface area (Å²) in [5, 5.41) is 16.8. The summed E-state index contributed by atoms with van der Waals surface area (Å²) in [7, 11) is 0. The summed E-state index contributed by atoms with van der Waals surface area (Å²) >= 11 is 0. The first-order chi connectivity index (χ1) is 12.5. The Balaban J connectivity index is 1.91. The van der Waals surface area contributed by atoms with Crippen molar-refractivity contribution in [3.8, 4) is 5.75 Å². The van der Waals surface area contributed by atoms with E-state index in [1.54, 1.807) is 6.07 Å². The van der Waals surface area contributed by atoms with E-state index in [4.69, 9.17) is 4.42 Å². The number of anilines is 2. The number of carbonyl (C=O) groups excluding carboxylic acids is 1. The van der Waals surface area contributed by atoms with Crippen molar-refractivity contribution in [2.24, 2.45) is 0 Å². The van der Waals surface area contributed by atoms with E-state index in [0.29, 0.717) is 24.2 Å². The molecule has 3 rings (SSSR count). The first kappa shape index (κ1) is 17.5. The quantitative estimate of drug-likeness (QED) is 0.610. The second kappa shape index (κ2) is 7.31. The van der Waals surface area contributed by atoms with Gasteiger partial charge in [0.25, 0.3) is 0 Å². The van der Waals surface area contributed by atoms with Crippen LogP contribution in [0.3, 0.4) is 0 Å². The standard InChI is InChI=1S/C20H20N2O4/c1-3-13-7-17-14(8-20(25)26-19(17)10-18(13)24)11-21-15-5-4-6-16(9-15)22-12(2)23/h4-10,21,24H,3,11H2,1-2H3,(H,22,23). The second-order valence-corrected chi connectivity index (χ2v) is 6.04. The molecule has 0 saturated carbocycles. The number of aryl methyl sites for hydroxylation is 1. The Morgan fingerprint density at radius 1 is 1.12 bits per heavy atom. The maximum absolute atomic E-state index is 11.8. The zero-order chi connectivity index (χ0) is 18.7. The van der Waals surface area contributed by atoms with Crippen LogP contribution in [0.1, 0.15) is 25.0 Å². The maximum atomic E-state index is 11.8. The summed E-state index contributed by atoms with van der Waals surface area (Å²) in [5.74, 6) is -0.0167. The van der Waals surface area contributed by atoms with Gasteiger partial charge in [-0.3, -0.25) is 4.79 Å². The summed E-state index contributed by atoms with van der Waals surface area (Å²) in [4.78, 5) is 23.0. The molecule has 0 atom stereocenters. The first-order valence-electron chi connectivity index (χ1n) is 8.36. The highest BCUT2D eigenvalue weighted by Gasteiger charge is 2.10. The van der Waals surface area contributed by atoms with Crippen molar-refractivity contribution >= 4 is 28.3 Å². The summed E-state index contributed by atoms with van der Waals surface area (Å²) in [5.41, 5.74) is 2.96. The van der Waals surface area contributed by atoms with Gasteiger partial charge >= 0.3 is 5.63 Å². The van der Waals surface area contributed by atoms with Gasteiger partial charge in [0.15, 0.2) is 0 Å². The van der Waals surface area contributed by atoms with Crippen molar-refractivity contribution < 1.29 is 14.3 Å². The van der Waals surface area contributed by atoms with Crippen LogP contribution in [0.25, 0.3) is 11.0 Å². The van der Waals surface area contributed by atoms with Crippen LogP contribution in [0, 0.1) is 0 Å². The van der Waals surface area contributed by atoms with Crippen LogP contribution in [0.4, 0.5) is 11.4 Å². The molecule has 3 aromatic rings. The first-order valence-corrected chi connectivity index (χ1v) is 8.36. The summed E-state index contributed by atoms with van der Waals surface area (Å²) in [6.07, 6.45) is 0.673. The molecule has 0 unspecified atom stereocenters. The lowest BCUT2D eigenvalue weighted by molar-refractivity contribution is -0.114. The lowest BCUT2D eigenvalue weighted by Crippen LogP contribution is -2.08. The van der Waals surface area contributed by atoms with Gasteiger partial charge in [-0.25, -0.2) is 4.79 Å². The molecule has 0 fully saturated rings. The molecule has 1 heterocycles. The molecule has 0 aliphatic heterocycles. The van der Waals surface area contributed by atoms with Gasteiger partial charge in [0.05, 0.1) is 0 Å². The number of rotatable bonds is 5. The Hall–Kier alpha value is -3.28. The van der Waals surface area contributed by atoms with E-state index in [1.165, 1.54) is 19.1 Å². The fourth-order valence-corrected chi connectivity index (χ4v) is 2.84. The molecule has 0 saturated heterocycles. The molecule has 26 heavy (non-hydrogen) atoms. The van der Waals surface area contributed by atoms with Gasteiger partial charge in [-0.15, -0.1) is 0 Å². The summed E-state index contributed by atoms with van der Waals surface area (Å²) in [6.45, 7) is 3.81. The number of benzene rings is 2. The molecule has 0 radical (unpaired) electrons. The average molecular weight is 352 g/mol. The van der Waals surface area contributed by atoms with Crippen LogP contribution in [-0.2, 0) is 17.8 Å². The van der Waals surface area contributed by atoms with Crippen molar-refractivity contribution in [3.63, 3.8) is 0 Å². The zero-order valence-corrected chi connectivity index (χ0v) is 14.6. The SMILES string of the molecule is CCc1cc2c(CNc3cccc(NC(C)=O)c3)cc(=O)oc2cc1O. The van der Waals surface area contributed by atoms with Crippen molar-refractivity contribution in [2.75, 3.05) is 10.6 Å². The third-order valence-electron chi connectivity index (χ3n) is 4.08. The number of hydrogen-bond acceptors (Lipinski definition) is 5. The Labute approximate surface area is 150 Å². The number of aromatic hydroxyl groups is 1. The third-order valence-corrected chi connectivity index (χ3v) is 4.08. The van der Waals surface area contributed by atoms with Gasteiger partial charge in [-0.2, -0.15) is 0 Å². The molecule has 1 aromatic heterocycles. The average Bonchev–Trinajstić information content (AvgIpc) is 2.58. The fourth-order valence-electron chi connectivity index (χ4n) is 2.84. The minimum atomic E-state index is -0.468. The molecule has 6 heteroatoms. The monoisotopic (exact) mass is 352 g/mol. The van der Waals surface area contributed by atoms with Gasteiger partial charge in [0, 0.05) is 42.4 Å². The van der Waals surface area contributed by atoms with E-state index >= 15 is 0 Å². The largest absolute Gasteiger partial charge is 0.508 e. The molecular weight excluding hydrogens is 332 g/mol. The third kappa shape index (κ3) is 3.85. The van der Waals surface area contributed by atoms with Crippen LogP contribution >= 0.6 is 0 Å². The molecule has 0 aliphatic rings. The number of phenolic OH excluding ortho intramolecular Hbond substituents is 1. The van der Waals surface area contributed by atoms with Crippen LogP contribution in [0.15, 0.2) is 51.7 Å². The molecule has 0 spiro atoms. The highest BCUT2D eigenvalue weighted by Crippen LogP contribution is 2.27. The predicted octanol–water partition coefficient (Wildman–Crippen LogP) is 3.63. The molecule has 2 aromatic carbocycles. The Kier molecular flexibility index (Phi) is 4.93. The summed E-state index contributed by atoms with van der Waals surface area (Å²) in [6, 6.07) is 12.1. The van der Waals surface area contributed by atoms with Crippen molar-refractivity contribution in [1.29, 1.82) is 0 Å². The van der Waals surface area contributed by atoms with Gasteiger partial charge < -0.3 is 20.2 Å². The van der Waals surface area contributed by atoms with Crippen LogP contribution in [-0.4, -0.2) is 11.0 Å². The number of amides is 1. The predicted molar refractivity (Wildman–Crippen MR) is 102 cm³/mol. The number of carbonyl (C=O) groups is 1. The topological polar surface area (TPSA) is 91.6 Å². The van der Waals surface area contributed by atoms with E-state index in [9.17, 15) is 14.7 Å². The highest BCUT2D eigenvalue weighted by molar-refractivity contribution is 5.89. The second-order valence-electron chi connectivity index (χ2n) is 6.04. The van der Waals surface area contributed by atoms with Gasteiger partial charge in [-0.05, 0) is 41.8 Å². The maximum Gasteiger partial charge on any atom is 0.336 e. The van der Waals surface area contributed by atoms with E-state index in [0.717, 1.165) is 22.2 Å². The van der Waals surface area contributed by atoms with Crippen LogP contribution < -0.4 is 16.3 Å². The van der Waals surface area contributed by atoms with Crippen molar-refractivity contribution in [1.82, 2.24) is 0 Å². The van der Waals surface area contributed by atoms with Gasteiger partial charge in [0.2, 0.25) is 5.91 Å². The smallest absolute Gasteiger partial charge is 0.336 e. The van der Waals surface area contributed by atoms with E-state index < -0.39 is 5.63 Å².